The van der Waals surface area contributed by atoms with Crippen molar-refractivity contribution in [1.82, 2.24) is 4.90 Å². The van der Waals surface area contributed by atoms with Crippen molar-refractivity contribution in [3.63, 3.8) is 0 Å². The quantitative estimate of drug-likeness (QED) is 0.875. The zero-order chi connectivity index (χ0) is 15.2. The fourth-order valence-electron chi connectivity index (χ4n) is 3.15. The Hall–Kier alpha value is -1.39. The smallest absolute Gasteiger partial charge is 0.335 e. The Labute approximate surface area is 126 Å². The molecule has 0 bridgehead atoms. The maximum atomic E-state index is 11.2. The number of carbonyl (C=O) groups is 1. The van der Waals surface area contributed by atoms with Gasteiger partial charge < -0.3 is 14.7 Å². The van der Waals surface area contributed by atoms with Crippen LogP contribution in [0.5, 0.6) is 0 Å². The average molecular weight is 291 g/mol. The molecular weight excluding hydrogens is 266 g/mol. The van der Waals surface area contributed by atoms with E-state index in [4.69, 9.17) is 4.74 Å². The van der Waals surface area contributed by atoms with E-state index in [-0.39, 0.29) is 0 Å². The SMILES string of the molecule is COC1CCC(N(C)CCc2ccccc2C(=O)O)CC1. The van der Waals surface area contributed by atoms with Gasteiger partial charge in [0.2, 0.25) is 0 Å². The standard InChI is InChI=1S/C17H25NO3/c1-18(14-7-9-15(21-2)10-8-14)12-11-13-5-3-4-6-16(13)17(19)20/h3-6,14-15H,7-12H2,1-2H3,(H,19,20). The third kappa shape index (κ3) is 4.29. The Bertz CT molecular complexity index is 467. The summed E-state index contributed by atoms with van der Waals surface area (Å²) in [6.45, 7) is 0.895. The molecule has 116 valence electrons. The number of ether oxygens (including phenoxy) is 1. The van der Waals surface area contributed by atoms with E-state index < -0.39 is 5.97 Å². The molecule has 1 aliphatic carbocycles. The molecule has 0 heterocycles. The number of hydrogen-bond acceptors (Lipinski definition) is 3. The van der Waals surface area contributed by atoms with Gasteiger partial charge in [-0.05, 0) is 50.8 Å². The van der Waals surface area contributed by atoms with E-state index in [9.17, 15) is 9.90 Å². The first-order valence-corrected chi connectivity index (χ1v) is 7.66. The van der Waals surface area contributed by atoms with Crippen molar-refractivity contribution in [3.8, 4) is 0 Å². The van der Waals surface area contributed by atoms with E-state index in [1.807, 2.05) is 12.1 Å². The molecule has 0 unspecified atom stereocenters. The molecule has 1 aromatic carbocycles. The number of rotatable bonds is 6. The largest absolute Gasteiger partial charge is 0.478 e. The first-order valence-electron chi connectivity index (χ1n) is 7.66. The highest BCUT2D eigenvalue weighted by Gasteiger charge is 2.23. The number of hydrogen-bond donors (Lipinski definition) is 1. The summed E-state index contributed by atoms with van der Waals surface area (Å²) in [7, 11) is 3.93. The molecule has 0 atom stereocenters. The van der Waals surface area contributed by atoms with Gasteiger partial charge in [0.1, 0.15) is 0 Å². The van der Waals surface area contributed by atoms with Crippen LogP contribution in [0.25, 0.3) is 0 Å². The van der Waals surface area contributed by atoms with Crippen molar-refractivity contribution in [2.45, 2.75) is 44.2 Å². The molecule has 0 radical (unpaired) electrons. The fourth-order valence-corrected chi connectivity index (χ4v) is 3.15. The number of aromatic carboxylic acids is 1. The lowest BCUT2D eigenvalue weighted by Gasteiger charge is -2.34. The van der Waals surface area contributed by atoms with E-state index >= 15 is 0 Å². The summed E-state index contributed by atoms with van der Waals surface area (Å²) in [5, 5.41) is 9.21. The van der Waals surface area contributed by atoms with E-state index in [0.29, 0.717) is 17.7 Å². The molecule has 0 amide bonds. The van der Waals surface area contributed by atoms with Crippen molar-refractivity contribution in [2.24, 2.45) is 0 Å². The van der Waals surface area contributed by atoms with Crippen LogP contribution in [0.15, 0.2) is 24.3 Å². The third-order valence-corrected chi connectivity index (χ3v) is 4.58. The van der Waals surface area contributed by atoms with Gasteiger partial charge in [-0.2, -0.15) is 0 Å². The van der Waals surface area contributed by atoms with Crippen LogP contribution in [-0.4, -0.2) is 48.8 Å². The number of carboxylic acid groups (broad SMARTS) is 1. The summed E-state index contributed by atoms with van der Waals surface area (Å²) in [6, 6.07) is 7.88. The minimum atomic E-state index is -0.839. The maximum Gasteiger partial charge on any atom is 0.335 e. The number of carboxylic acids is 1. The van der Waals surface area contributed by atoms with Crippen LogP contribution in [0.2, 0.25) is 0 Å². The summed E-state index contributed by atoms with van der Waals surface area (Å²) in [5.41, 5.74) is 1.34. The van der Waals surface area contributed by atoms with Gasteiger partial charge in [-0.1, -0.05) is 18.2 Å². The molecule has 0 aromatic heterocycles. The summed E-state index contributed by atoms with van der Waals surface area (Å²) >= 11 is 0. The lowest BCUT2D eigenvalue weighted by Crippen LogP contribution is -2.38. The van der Waals surface area contributed by atoms with Gasteiger partial charge in [0, 0.05) is 19.7 Å². The third-order valence-electron chi connectivity index (χ3n) is 4.58. The first-order chi connectivity index (χ1) is 10.1. The van der Waals surface area contributed by atoms with Crippen LogP contribution in [0, 0.1) is 0 Å². The lowest BCUT2D eigenvalue weighted by atomic mass is 9.92. The molecule has 0 aliphatic heterocycles. The molecule has 4 nitrogen and oxygen atoms in total. The molecule has 1 saturated carbocycles. The molecule has 0 spiro atoms. The van der Waals surface area contributed by atoms with E-state index in [1.54, 1.807) is 19.2 Å². The summed E-state index contributed by atoms with van der Waals surface area (Å²) in [6.07, 6.45) is 5.77. The first kappa shape index (κ1) is 16.0. The Morgan fingerprint density at radius 3 is 2.57 bits per heavy atom. The molecule has 1 aromatic rings. The van der Waals surface area contributed by atoms with Gasteiger partial charge in [0.15, 0.2) is 0 Å². The zero-order valence-electron chi connectivity index (χ0n) is 12.9. The van der Waals surface area contributed by atoms with Gasteiger partial charge in [0.25, 0.3) is 0 Å². The van der Waals surface area contributed by atoms with Crippen molar-refractivity contribution < 1.29 is 14.6 Å². The van der Waals surface area contributed by atoms with Crippen LogP contribution in [0.1, 0.15) is 41.6 Å². The van der Waals surface area contributed by atoms with Crippen molar-refractivity contribution in [2.75, 3.05) is 20.7 Å². The number of methoxy groups -OCH3 is 1. The normalized spacial score (nSPS) is 22.4. The number of benzene rings is 1. The molecule has 1 aliphatic rings. The topological polar surface area (TPSA) is 49.8 Å². The average Bonchev–Trinajstić information content (AvgIpc) is 2.52. The van der Waals surface area contributed by atoms with Crippen molar-refractivity contribution >= 4 is 5.97 Å². The van der Waals surface area contributed by atoms with Gasteiger partial charge in [0.05, 0.1) is 11.7 Å². The van der Waals surface area contributed by atoms with E-state index in [0.717, 1.165) is 44.2 Å². The fraction of sp³-hybridized carbons (Fsp3) is 0.588. The molecule has 1 fully saturated rings. The summed E-state index contributed by atoms with van der Waals surface area (Å²) in [5.74, 6) is -0.839. The molecule has 1 N–H and O–H groups in total. The Morgan fingerprint density at radius 1 is 1.29 bits per heavy atom. The zero-order valence-corrected chi connectivity index (χ0v) is 12.9. The number of likely N-dealkylation sites (N-methyl/N-ethyl adjacent to an activating group) is 1. The van der Waals surface area contributed by atoms with Gasteiger partial charge in [-0.3, -0.25) is 0 Å². The van der Waals surface area contributed by atoms with Gasteiger partial charge in [-0.25, -0.2) is 4.79 Å². The van der Waals surface area contributed by atoms with Crippen molar-refractivity contribution in [3.05, 3.63) is 35.4 Å². The summed E-state index contributed by atoms with van der Waals surface area (Å²) in [4.78, 5) is 13.6. The second kappa shape index (κ2) is 7.57. The second-order valence-corrected chi connectivity index (χ2v) is 5.86. The highest BCUT2D eigenvalue weighted by Crippen LogP contribution is 2.24. The van der Waals surface area contributed by atoms with Crippen LogP contribution >= 0.6 is 0 Å². The monoisotopic (exact) mass is 291 g/mol. The molecule has 4 heteroatoms. The highest BCUT2D eigenvalue weighted by molar-refractivity contribution is 5.89. The molecule has 0 saturated heterocycles. The maximum absolute atomic E-state index is 11.2. The summed E-state index contributed by atoms with van der Waals surface area (Å²) < 4.78 is 5.41. The predicted molar refractivity (Wildman–Crippen MR) is 82.8 cm³/mol. The number of nitrogens with zero attached hydrogens (tertiary/aromatic N) is 1. The minimum Gasteiger partial charge on any atom is -0.478 e. The predicted octanol–water partition coefficient (Wildman–Crippen LogP) is 2.82. The molecular formula is C17H25NO3. The lowest BCUT2D eigenvalue weighted by molar-refractivity contribution is 0.0443. The van der Waals surface area contributed by atoms with Crippen molar-refractivity contribution in [1.29, 1.82) is 0 Å². The van der Waals surface area contributed by atoms with E-state index in [2.05, 4.69) is 11.9 Å². The van der Waals surface area contributed by atoms with Gasteiger partial charge in [-0.15, -0.1) is 0 Å². The Kier molecular flexibility index (Phi) is 5.76. The second-order valence-electron chi connectivity index (χ2n) is 5.86. The van der Waals surface area contributed by atoms with Crippen LogP contribution < -0.4 is 0 Å². The Morgan fingerprint density at radius 2 is 1.95 bits per heavy atom. The van der Waals surface area contributed by atoms with Crippen LogP contribution in [0.3, 0.4) is 0 Å². The molecule has 21 heavy (non-hydrogen) atoms. The van der Waals surface area contributed by atoms with E-state index in [1.165, 1.54) is 0 Å². The minimum absolute atomic E-state index is 0.419. The van der Waals surface area contributed by atoms with Crippen LogP contribution in [-0.2, 0) is 11.2 Å². The van der Waals surface area contributed by atoms with Crippen LogP contribution in [0.4, 0.5) is 0 Å². The molecule has 2 rings (SSSR count). The highest BCUT2D eigenvalue weighted by atomic mass is 16.5. The van der Waals surface area contributed by atoms with Gasteiger partial charge >= 0.3 is 5.97 Å². The Balaban J connectivity index is 1.87.